The lowest BCUT2D eigenvalue weighted by atomic mass is 9.55. The Hall–Kier alpha value is -2.08. The van der Waals surface area contributed by atoms with Crippen LogP contribution in [0.4, 0.5) is 14.5 Å². The Bertz CT molecular complexity index is 860. The van der Waals surface area contributed by atoms with Crippen molar-refractivity contribution in [1.29, 1.82) is 0 Å². The van der Waals surface area contributed by atoms with Crippen LogP contribution in [0.3, 0.4) is 0 Å². The van der Waals surface area contributed by atoms with Gasteiger partial charge >= 0.3 is 6.92 Å². The molecule has 7 heteroatoms. The molecular formula is C20H16BCl2F2NO. The van der Waals surface area contributed by atoms with E-state index in [1.54, 1.807) is 12.1 Å². The van der Waals surface area contributed by atoms with Crippen molar-refractivity contribution in [3.05, 3.63) is 88.4 Å². The number of rotatable bonds is 7. The molecule has 0 aliphatic heterocycles. The zero-order chi connectivity index (χ0) is 19.2. The first kappa shape index (κ1) is 19.7. The summed E-state index contributed by atoms with van der Waals surface area (Å²) in [5.41, 5.74) is 2.05. The van der Waals surface area contributed by atoms with Gasteiger partial charge in [-0.3, -0.25) is 0 Å². The quantitative estimate of drug-likeness (QED) is 0.461. The third kappa shape index (κ3) is 5.22. The Labute approximate surface area is 167 Å². The van der Waals surface area contributed by atoms with Crippen molar-refractivity contribution < 1.29 is 13.4 Å². The number of benzene rings is 3. The van der Waals surface area contributed by atoms with Crippen LogP contribution in [0.1, 0.15) is 0 Å². The van der Waals surface area contributed by atoms with E-state index in [-0.39, 0.29) is 10.0 Å². The molecule has 0 aliphatic carbocycles. The molecule has 0 aliphatic rings. The molecule has 1 N–H and O–H groups in total. The van der Waals surface area contributed by atoms with Crippen LogP contribution in [0, 0.1) is 11.6 Å². The van der Waals surface area contributed by atoms with E-state index < -0.39 is 18.6 Å². The fourth-order valence-electron chi connectivity index (χ4n) is 2.66. The van der Waals surface area contributed by atoms with Gasteiger partial charge in [-0.15, -0.1) is 0 Å². The molecule has 0 saturated carbocycles. The van der Waals surface area contributed by atoms with Crippen molar-refractivity contribution in [2.24, 2.45) is 0 Å². The van der Waals surface area contributed by atoms with Crippen molar-refractivity contribution in [3.8, 4) is 0 Å². The summed E-state index contributed by atoms with van der Waals surface area (Å²) >= 11 is 11.5. The highest BCUT2D eigenvalue weighted by atomic mass is 35.5. The summed E-state index contributed by atoms with van der Waals surface area (Å²) in [6.45, 7) is 0.210. The maximum absolute atomic E-state index is 13.9. The van der Waals surface area contributed by atoms with Crippen LogP contribution in [0.2, 0.25) is 10.0 Å². The summed E-state index contributed by atoms with van der Waals surface area (Å²) < 4.78 is 33.8. The highest BCUT2D eigenvalue weighted by Crippen LogP contribution is 2.14. The van der Waals surface area contributed by atoms with Crippen molar-refractivity contribution in [3.63, 3.8) is 0 Å². The molecule has 0 heterocycles. The van der Waals surface area contributed by atoms with Gasteiger partial charge in [-0.25, -0.2) is 8.78 Å². The number of anilines is 1. The van der Waals surface area contributed by atoms with Crippen molar-refractivity contribution in [1.82, 2.24) is 0 Å². The zero-order valence-corrected chi connectivity index (χ0v) is 15.8. The van der Waals surface area contributed by atoms with Crippen LogP contribution >= 0.6 is 23.2 Å². The summed E-state index contributed by atoms with van der Waals surface area (Å²) in [7, 11) is 0. The van der Waals surface area contributed by atoms with E-state index in [1.165, 1.54) is 24.3 Å². The lowest BCUT2D eigenvalue weighted by Crippen LogP contribution is -2.46. The Kier molecular flexibility index (Phi) is 6.72. The second kappa shape index (κ2) is 9.22. The molecule has 0 radical (unpaired) electrons. The maximum atomic E-state index is 13.9. The largest absolute Gasteiger partial charge is 0.425 e. The van der Waals surface area contributed by atoms with Crippen LogP contribution in [0.5, 0.6) is 0 Å². The molecule has 0 atom stereocenters. The fourth-order valence-corrected chi connectivity index (χ4v) is 2.90. The summed E-state index contributed by atoms with van der Waals surface area (Å²) in [5, 5.41) is 3.27. The minimum Gasteiger partial charge on any atom is -0.425 e. The molecule has 0 amide bonds. The van der Waals surface area contributed by atoms with Crippen LogP contribution in [-0.4, -0.2) is 20.1 Å². The molecule has 0 unspecified atom stereocenters. The Morgan fingerprint density at radius 2 is 1.37 bits per heavy atom. The van der Waals surface area contributed by atoms with E-state index in [1.807, 2.05) is 30.3 Å². The second-order valence-electron chi connectivity index (χ2n) is 5.89. The van der Waals surface area contributed by atoms with Gasteiger partial charge in [0.05, 0.1) is 10.0 Å². The van der Waals surface area contributed by atoms with Crippen LogP contribution in [0.15, 0.2) is 66.7 Å². The minimum atomic E-state index is -0.652. The first-order valence-electron chi connectivity index (χ1n) is 8.35. The van der Waals surface area contributed by atoms with Crippen LogP contribution < -0.4 is 16.2 Å². The van der Waals surface area contributed by atoms with E-state index >= 15 is 0 Å². The highest BCUT2D eigenvalue weighted by Gasteiger charge is 2.23. The number of halogens is 4. The van der Waals surface area contributed by atoms with Gasteiger partial charge in [0.15, 0.2) is 0 Å². The molecular weight excluding hydrogens is 390 g/mol. The molecule has 27 heavy (non-hydrogen) atoms. The number of hydrogen-bond donors (Lipinski definition) is 1. The molecule has 0 saturated heterocycles. The lowest BCUT2D eigenvalue weighted by molar-refractivity contribution is 0.349. The molecule has 3 rings (SSSR count). The fraction of sp³-hybridized carbons (Fsp3) is 0.100. The highest BCUT2D eigenvalue weighted by molar-refractivity contribution is 6.80. The van der Waals surface area contributed by atoms with E-state index in [0.717, 1.165) is 5.69 Å². The maximum Gasteiger partial charge on any atom is 0.361 e. The summed E-state index contributed by atoms with van der Waals surface area (Å²) in [5.74, 6) is -1.11. The molecule has 3 aromatic carbocycles. The normalized spacial score (nSPS) is 10.7. The third-order valence-corrected chi connectivity index (χ3v) is 4.60. The second-order valence-corrected chi connectivity index (χ2v) is 6.71. The Balaban J connectivity index is 1.76. The van der Waals surface area contributed by atoms with E-state index in [9.17, 15) is 8.78 Å². The lowest BCUT2D eigenvalue weighted by Gasteiger charge is -2.17. The molecule has 0 bridgehead atoms. The predicted octanol–water partition coefficient (Wildman–Crippen LogP) is 4.51. The monoisotopic (exact) mass is 405 g/mol. The summed E-state index contributed by atoms with van der Waals surface area (Å²) in [6.07, 6.45) is 0. The summed E-state index contributed by atoms with van der Waals surface area (Å²) in [6, 6.07) is 18.5. The molecule has 2 nitrogen and oxygen atoms in total. The molecule has 0 fully saturated rings. The topological polar surface area (TPSA) is 21.3 Å². The zero-order valence-electron chi connectivity index (χ0n) is 14.3. The van der Waals surface area contributed by atoms with Gasteiger partial charge < -0.3 is 9.97 Å². The predicted molar refractivity (Wildman–Crippen MR) is 109 cm³/mol. The van der Waals surface area contributed by atoms with Crippen molar-refractivity contribution >= 4 is 46.7 Å². The Morgan fingerprint density at radius 3 is 1.89 bits per heavy atom. The third-order valence-electron chi connectivity index (χ3n) is 3.98. The summed E-state index contributed by atoms with van der Waals surface area (Å²) in [4.78, 5) is 0. The van der Waals surface area contributed by atoms with Gasteiger partial charge in [0, 0.05) is 18.8 Å². The van der Waals surface area contributed by atoms with Crippen molar-refractivity contribution in [2.45, 2.75) is 0 Å². The molecule has 0 spiro atoms. The standard InChI is InChI=1S/C20H16BCl2F2NO/c22-17-8-6-14(12-19(17)24)21(15-7-9-18(23)20(25)13-15)27-11-10-26-16-4-2-1-3-5-16/h1-9,12-13,26H,10-11H2. The molecule has 0 aromatic heterocycles. The average molecular weight is 406 g/mol. The van der Waals surface area contributed by atoms with Gasteiger partial charge in [0.1, 0.15) is 11.6 Å². The molecule has 138 valence electrons. The first-order chi connectivity index (χ1) is 13.0. The van der Waals surface area contributed by atoms with Crippen LogP contribution in [-0.2, 0) is 4.65 Å². The van der Waals surface area contributed by atoms with Gasteiger partial charge in [-0.05, 0) is 47.3 Å². The first-order valence-corrected chi connectivity index (χ1v) is 9.10. The van der Waals surface area contributed by atoms with Gasteiger partial charge in [-0.2, -0.15) is 0 Å². The van der Waals surface area contributed by atoms with Crippen LogP contribution in [0.25, 0.3) is 0 Å². The average Bonchev–Trinajstić information content (AvgIpc) is 2.67. The smallest absolute Gasteiger partial charge is 0.361 e. The SMILES string of the molecule is Fc1cc(B(OCCNc2ccccc2)c2ccc(Cl)c(F)c2)ccc1Cl. The number of nitrogens with one attached hydrogen (secondary N) is 1. The number of hydrogen-bond acceptors (Lipinski definition) is 2. The van der Waals surface area contributed by atoms with Gasteiger partial charge in [-0.1, -0.05) is 53.5 Å². The van der Waals surface area contributed by atoms with E-state index in [4.69, 9.17) is 27.9 Å². The number of para-hydroxylation sites is 1. The minimum absolute atomic E-state index is 0.0190. The van der Waals surface area contributed by atoms with Crippen molar-refractivity contribution in [2.75, 3.05) is 18.5 Å². The van der Waals surface area contributed by atoms with E-state index in [0.29, 0.717) is 24.1 Å². The Morgan fingerprint density at radius 1 is 0.815 bits per heavy atom. The van der Waals surface area contributed by atoms with E-state index in [2.05, 4.69) is 5.32 Å². The van der Waals surface area contributed by atoms with Gasteiger partial charge in [0.2, 0.25) is 0 Å². The van der Waals surface area contributed by atoms with Gasteiger partial charge in [0.25, 0.3) is 0 Å². The molecule has 3 aromatic rings.